The quantitative estimate of drug-likeness (QED) is 0.758. The van der Waals surface area contributed by atoms with Crippen molar-refractivity contribution in [3.8, 4) is 0 Å². The summed E-state index contributed by atoms with van der Waals surface area (Å²) in [4.78, 5) is 0. The molecule has 1 atom stereocenters. The fourth-order valence-corrected chi connectivity index (χ4v) is 1.62. The smallest absolute Gasteiger partial charge is 0.127 e. The minimum atomic E-state index is -0.171. The maximum atomic E-state index is 13.2. The summed E-state index contributed by atoms with van der Waals surface area (Å²) in [5.74, 6) is 0.574. The molecule has 0 spiro atoms. The summed E-state index contributed by atoms with van der Waals surface area (Å²) >= 11 is 0. The number of hydrogen-bond acceptors (Lipinski definition) is 1. The van der Waals surface area contributed by atoms with Crippen molar-refractivity contribution >= 4 is 0 Å². The topological polar surface area (TPSA) is 26.0 Å². The summed E-state index contributed by atoms with van der Waals surface area (Å²) in [5, 5.41) is 0. The summed E-state index contributed by atoms with van der Waals surface area (Å²) in [6.07, 6.45) is 3.46. The van der Waals surface area contributed by atoms with Crippen molar-refractivity contribution in [3.63, 3.8) is 0 Å². The Balaban J connectivity index is 2.09. The Morgan fingerprint density at radius 2 is 2.08 bits per heavy atom. The van der Waals surface area contributed by atoms with Gasteiger partial charge in [0, 0.05) is 11.6 Å². The first-order valence-corrected chi connectivity index (χ1v) is 4.77. The highest BCUT2D eigenvalue weighted by atomic mass is 19.1. The van der Waals surface area contributed by atoms with Crippen molar-refractivity contribution in [2.24, 2.45) is 11.7 Å². The van der Waals surface area contributed by atoms with E-state index in [1.807, 2.05) is 6.07 Å². The summed E-state index contributed by atoms with van der Waals surface area (Å²) < 4.78 is 13.2. The van der Waals surface area contributed by atoms with Gasteiger partial charge in [0.15, 0.2) is 0 Å². The van der Waals surface area contributed by atoms with E-state index in [9.17, 15) is 4.39 Å². The Bertz CT molecular complexity index is 294. The molecule has 1 saturated carbocycles. The Labute approximate surface area is 77.8 Å². The summed E-state index contributed by atoms with van der Waals surface area (Å²) in [6.45, 7) is 0. The molecule has 1 fully saturated rings. The zero-order chi connectivity index (χ0) is 9.26. The van der Waals surface area contributed by atoms with Crippen molar-refractivity contribution in [2.45, 2.75) is 25.3 Å². The van der Waals surface area contributed by atoms with Crippen LogP contribution in [0.4, 0.5) is 4.39 Å². The van der Waals surface area contributed by atoms with Crippen LogP contribution in [0.5, 0.6) is 0 Å². The largest absolute Gasteiger partial charge is 0.324 e. The number of rotatable bonds is 3. The molecule has 2 rings (SSSR count). The maximum absolute atomic E-state index is 13.2. The highest BCUT2D eigenvalue weighted by Crippen LogP contribution is 2.37. The van der Waals surface area contributed by atoms with Gasteiger partial charge in [-0.1, -0.05) is 31.0 Å². The SMILES string of the molecule is N[C@H](CC1CC1)c1ccccc1F. The third-order valence-electron chi connectivity index (χ3n) is 2.59. The van der Waals surface area contributed by atoms with Gasteiger partial charge in [-0.05, 0) is 18.4 Å². The van der Waals surface area contributed by atoms with E-state index in [0.717, 1.165) is 12.3 Å². The van der Waals surface area contributed by atoms with E-state index in [2.05, 4.69) is 0 Å². The van der Waals surface area contributed by atoms with Crippen LogP contribution in [-0.4, -0.2) is 0 Å². The van der Waals surface area contributed by atoms with Gasteiger partial charge in [-0.2, -0.15) is 0 Å². The molecule has 13 heavy (non-hydrogen) atoms. The second-order valence-electron chi connectivity index (χ2n) is 3.81. The first kappa shape index (κ1) is 8.70. The second kappa shape index (κ2) is 3.46. The number of nitrogens with two attached hydrogens (primary N) is 1. The third kappa shape index (κ3) is 2.07. The van der Waals surface area contributed by atoms with Crippen LogP contribution in [0.1, 0.15) is 30.9 Å². The van der Waals surface area contributed by atoms with E-state index in [4.69, 9.17) is 5.73 Å². The third-order valence-corrected chi connectivity index (χ3v) is 2.59. The molecule has 0 aromatic heterocycles. The fraction of sp³-hybridized carbons (Fsp3) is 0.455. The van der Waals surface area contributed by atoms with Crippen molar-refractivity contribution in [2.75, 3.05) is 0 Å². The molecule has 2 heteroatoms. The van der Waals surface area contributed by atoms with Crippen molar-refractivity contribution in [1.29, 1.82) is 0 Å². The van der Waals surface area contributed by atoms with E-state index in [0.29, 0.717) is 5.56 Å². The van der Waals surface area contributed by atoms with Crippen LogP contribution in [0.15, 0.2) is 24.3 Å². The van der Waals surface area contributed by atoms with E-state index in [1.54, 1.807) is 12.1 Å². The summed E-state index contributed by atoms with van der Waals surface area (Å²) in [7, 11) is 0. The molecule has 2 N–H and O–H groups in total. The molecule has 0 heterocycles. The van der Waals surface area contributed by atoms with Crippen LogP contribution in [0, 0.1) is 11.7 Å². The molecule has 1 aromatic rings. The predicted molar refractivity (Wildman–Crippen MR) is 50.7 cm³/mol. The number of benzene rings is 1. The van der Waals surface area contributed by atoms with Gasteiger partial charge < -0.3 is 5.73 Å². The van der Waals surface area contributed by atoms with Gasteiger partial charge in [0.05, 0.1) is 0 Å². The standard InChI is InChI=1S/C11H14FN/c12-10-4-2-1-3-9(10)11(13)7-8-5-6-8/h1-4,8,11H,5-7,13H2/t11-/m1/s1. The van der Waals surface area contributed by atoms with Gasteiger partial charge in [0.25, 0.3) is 0 Å². The van der Waals surface area contributed by atoms with E-state index >= 15 is 0 Å². The molecule has 0 radical (unpaired) electrons. The second-order valence-corrected chi connectivity index (χ2v) is 3.81. The van der Waals surface area contributed by atoms with Gasteiger partial charge in [0.1, 0.15) is 5.82 Å². The van der Waals surface area contributed by atoms with Crippen LogP contribution in [0.2, 0.25) is 0 Å². The molecular weight excluding hydrogens is 165 g/mol. The molecule has 0 aliphatic heterocycles. The lowest BCUT2D eigenvalue weighted by Crippen LogP contribution is -2.12. The van der Waals surface area contributed by atoms with Crippen molar-refractivity contribution < 1.29 is 4.39 Å². The van der Waals surface area contributed by atoms with Gasteiger partial charge in [0.2, 0.25) is 0 Å². The van der Waals surface area contributed by atoms with Crippen LogP contribution >= 0.6 is 0 Å². The monoisotopic (exact) mass is 179 g/mol. The highest BCUT2D eigenvalue weighted by molar-refractivity contribution is 5.20. The maximum Gasteiger partial charge on any atom is 0.127 e. The van der Waals surface area contributed by atoms with E-state index < -0.39 is 0 Å². The first-order valence-electron chi connectivity index (χ1n) is 4.77. The molecule has 1 nitrogen and oxygen atoms in total. The van der Waals surface area contributed by atoms with Crippen LogP contribution in [0.3, 0.4) is 0 Å². The Hall–Kier alpha value is -0.890. The lowest BCUT2D eigenvalue weighted by Gasteiger charge is -2.11. The van der Waals surface area contributed by atoms with Gasteiger partial charge in [-0.25, -0.2) is 4.39 Å². The Kier molecular flexibility index (Phi) is 2.32. The lowest BCUT2D eigenvalue weighted by molar-refractivity contribution is 0.543. The normalized spacial score (nSPS) is 18.6. The van der Waals surface area contributed by atoms with Gasteiger partial charge >= 0.3 is 0 Å². The molecule has 1 aromatic carbocycles. The molecule has 0 amide bonds. The minimum absolute atomic E-state index is 0.117. The molecule has 0 bridgehead atoms. The molecule has 1 aliphatic rings. The first-order chi connectivity index (χ1) is 6.27. The highest BCUT2D eigenvalue weighted by Gasteiger charge is 2.25. The predicted octanol–water partition coefficient (Wildman–Crippen LogP) is 2.63. The molecule has 0 saturated heterocycles. The fourth-order valence-electron chi connectivity index (χ4n) is 1.62. The minimum Gasteiger partial charge on any atom is -0.324 e. The average molecular weight is 179 g/mol. The Morgan fingerprint density at radius 1 is 1.38 bits per heavy atom. The van der Waals surface area contributed by atoms with Crippen molar-refractivity contribution in [1.82, 2.24) is 0 Å². The van der Waals surface area contributed by atoms with E-state index in [-0.39, 0.29) is 11.9 Å². The van der Waals surface area contributed by atoms with Crippen LogP contribution in [0.25, 0.3) is 0 Å². The molecule has 70 valence electrons. The summed E-state index contributed by atoms with van der Waals surface area (Å²) in [6, 6.07) is 6.67. The molecular formula is C11H14FN. The Morgan fingerprint density at radius 3 is 2.69 bits per heavy atom. The number of halogens is 1. The molecule has 0 unspecified atom stereocenters. The zero-order valence-electron chi connectivity index (χ0n) is 7.54. The number of hydrogen-bond donors (Lipinski definition) is 1. The van der Waals surface area contributed by atoms with Crippen LogP contribution in [-0.2, 0) is 0 Å². The van der Waals surface area contributed by atoms with Gasteiger partial charge in [-0.3, -0.25) is 0 Å². The average Bonchev–Trinajstić information content (AvgIpc) is 2.89. The van der Waals surface area contributed by atoms with Crippen molar-refractivity contribution in [3.05, 3.63) is 35.6 Å². The lowest BCUT2D eigenvalue weighted by atomic mass is 10.0. The summed E-state index contributed by atoms with van der Waals surface area (Å²) in [5.41, 5.74) is 6.56. The van der Waals surface area contributed by atoms with Crippen LogP contribution < -0.4 is 5.73 Å². The van der Waals surface area contributed by atoms with Gasteiger partial charge in [-0.15, -0.1) is 0 Å². The zero-order valence-corrected chi connectivity index (χ0v) is 7.54. The molecule has 1 aliphatic carbocycles. The van der Waals surface area contributed by atoms with E-state index in [1.165, 1.54) is 18.9 Å².